The first-order valence-corrected chi connectivity index (χ1v) is 9.48. The zero-order chi connectivity index (χ0) is 14.1. The summed E-state index contributed by atoms with van der Waals surface area (Å²) in [6, 6.07) is 0.362. The van der Waals surface area contributed by atoms with Gasteiger partial charge in [0.15, 0.2) is 5.82 Å². The topological polar surface area (TPSA) is 64.9 Å². The highest BCUT2D eigenvalue weighted by atomic mass is 32.2. The van der Waals surface area contributed by atoms with Gasteiger partial charge in [-0.05, 0) is 25.7 Å². The molecule has 1 aromatic heterocycles. The molecule has 1 aromatic rings. The standard InChI is InChI=1S/C14H23N3OS2/c1-8-9(2)20-12(7-19-8)13-16-14(18-17-13)10-3-5-11(15)6-4-10/h8-12H,3-7,15H2,1-2H3. The lowest BCUT2D eigenvalue weighted by Gasteiger charge is -2.29. The van der Waals surface area contributed by atoms with Crippen molar-refractivity contribution in [2.45, 2.75) is 67.2 Å². The summed E-state index contributed by atoms with van der Waals surface area (Å²) in [5, 5.41) is 5.98. The van der Waals surface area contributed by atoms with Crippen LogP contribution in [-0.4, -0.2) is 32.4 Å². The molecule has 0 amide bonds. The molecule has 2 N–H and O–H groups in total. The molecule has 2 heterocycles. The summed E-state index contributed by atoms with van der Waals surface area (Å²) in [7, 11) is 0. The number of rotatable bonds is 2. The van der Waals surface area contributed by atoms with Gasteiger partial charge in [0.2, 0.25) is 5.89 Å². The van der Waals surface area contributed by atoms with Crippen LogP contribution in [0.2, 0.25) is 0 Å². The van der Waals surface area contributed by atoms with Crippen LogP contribution in [0.25, 0.3) is 0 Å². The van der Waals surface area contributed by atoms with Crippen molar-refractivity contribution in [2.24, 2.45) is 5.73 Å². The quantitative estimate of drug-likeness (QED) is 0.903. The van der Waals surface area contributed by atoms with E-state index in [1.807, 2.05) is 23.5 Å². The molecule has 0 bridgehead atoms. The van der Waals surface area contributed by atoms with Crippen LogP contribution in [0.5, 0.6) is 0 Å². The summed E-state index contributed by atoms with van der Waals surface area (Å²) in [6.45, 7) is 4.59. The van der Waals surface area contributed by atoms with Gasteiger partial charge in [-0.1, -0.05) is 19.0 Å². The molecule has 1 aliphatic carbocycles. The zero-order valence-corrected chi connectivity index (χ0v) is 13.8. The van der Waals surface area contributed by atoms with Gasteiger partial charge in [-0.2, -0.15) is 16.7 Å². The van der Waals surface area contributed by atoms with Crippen molar-refractivity contribution < 1.29 is 4.52 Å². The fraction of sp³-hybridized carbons (Fsp3) is 0.857. The van der Waals surface area contributed by atoms with Crippen LogP contribution in [0, 0.1) is 0 Å². The van der Waals surface area contributed by atoms with Gasteiger partial charge in [-0.3, -0.25) is 0 Å². The van der Waals surface area contributed by atoms with E-state index in [0.717, 1.165) is 43.2 Å². The van der Waals surface area contributed by atoms with E-state index in [1.165, 1.54) is 0 Å². The lowest BCUT2D eigenvalue weighted by atomic mass is 9.86. The molecule has 1 saturated heterocycles. The molecule has 1 saturated carbocycles. The number of nitrogens with two attached hydrogens (primary N) is 1. The number of aromatic nitrogens is 2. The molecule has 0 radical (unpaired) electrons. The molecule has 2 aliphatic rings. The third kappa shape index (κ3) is 3.17. The highest BCUT2D eigenvalue weighted by Crippen LogP contribution is 2.43. The normalized spacial score (nSPS) is 38.9. The highest BCUT2D eigenvalue weighted by molar-refractivity contribution is 8.07. The Kier molecular flexibility index (Phi) is 4.62. The van der Waals surface area contributed by atoms with Crippen LogP contribution >= 0.6 is 23.5 Å². The molecule has 4 nitrogen and oxygen atoms in total. The Morgan fingerprint density at radius 1 is 1.15 bits per heavy atom. The van der Waals surface area contributed by atoms with E-state index < -0.39 is 0 Å². The first-order valence-electron chi connectivity index (χ1n) is 7.49. The minimum Gasteiger partial charge on any atom is -0.339 e. The van der Waals surface area contributed by atoms with Crippen LogP contribution in [-0.2, 0) is 0 Å². The number of thioether (sulfide) groups is 2. The maximum Gasteiger partial charge on any atom is 0.229 e. The summed E-state index contributed by atoms with van der Waals surface area (Å²) in [4.78, 5) is 4.69. The predicted molar refractivity (Wildman–Crippen MR) is 85.2 cm³/mol. The van der Waals surface area contributed by atoms with Crippen LogP contribution < -0.4 is 5.73 Å². The molecule has 3 rings (SSSR count). The van der Waals surface area contributed by atoms with E-state index in [9.17, 15) is 0 Å². The lowest BCUT2D eigenvalue weighted by Crippen LogP contribution is -2.25. The molecular weight excluding hydrogens is 290 g/mol. The molecule has 0 aromatic carbocycles. The largest absolute Gasteiger partial charge is 0.339 e. The number of nitrogens with zero attached hydrogens (tertiary/aromatic N) is 2. The van der Waals surface area contributed by atoms with Crippen molar-refractivity contribution in [3.63, 3.8) is 0 Å². The van der Waals surface area contributed by atoms with Crippen molar-refractivity contribution >= 4 is 23.5 Å². The maximum absolute atomic E-state index is 5.95. The zero-order valence-electron chi connectivity index (χ0n) is 12.1. The first-order chi connectivity index (χ1) is 9.63. The molecule has 112 valence electrons. The molecule has 20 heavy (non-hydrogen) atoms. The second-order valence-corrected chi connectivity index (χ2v) is 8.97. The summed E-state index contributed by atoms with van der Waals surface area (Å²) in [5.74, 6) is 3.24. The van der Waals surface area contributed by atoms with Crippen molar-refractivity contribution in [1.29, 1.82) is 0 Å². The van der Waals surface area contributed by atoms with Crippen molar-refractivity contribution in [3.8, 4) is 0 Å². The Labute approximate surface area is 129 Å². The average molecular weight is 313 g/mol. The fourth-order valence-corrected chi connectivity index (χ4v) is 5.66. The van der Waals surface area contributed by atoms with Crippen molar-refractivity contribution in [3.05, 3.63) is 11.7 Å². The van der Waals surface area contributed by atoms with E-state index >= 15 is 0 Å². The van der Waals surface area contributed by atoms with E-state index in [2.05, 4.69) is 24.0 Å². The molecule has 0 spiro atoms. The van der Waals surface area contributed by atoms with Gasteiger partial charge in [0, 0.05) is 28.2 Å². The summed E-state index contributed by atoms with van der Waals surface area (Å²) < 4.78 is 5.53. The van der Waals surface area contributed by atoms with E-state index in [0.29, 0.717) is 27.7 Å². The lowest BCUT2D eigenvalue weighted by molar-refractivity contribution is 0.300. The molecule has 6 heteroatoms. The van der Waals surface area contributed by atoms with Gasteiger partial charge < -0.3 is 10.3 Å². The molecule has 1 aliphatic heterocycles. The fourth-order valence-electron chi connectivity index (χ4n) is 2.83. The number of hydrogen-bond acceptors (Lipinski definition) is 6. The Morgan fingerprint density at radius 2 is 1.90 bits per heavy atom. The van der Waals surface area contributed by atoms with Crippen LogP contribution in [0.15, 0.2) is 4.52 Å². The Bertz CT molecular complexity index is 445. The maximum atomic E-state index is 5.95. The number of hydrogen-bond donors (Lipinski definition) is 1. The minimum atomic E-state index is 0.362. The van der Waals surface area contributed by atoms with Gasteiger partial charge in [0.1, 0.15) is 0 Å². The SMILES string of the molecule is CC1SCC(c2noc(C3CCC(N)CC3)n2)SC1C. The molecule has 2 fully saturated rings. The van der Waals surface area contributed by atoms with Crippen LogP contribution in [0.3, 0.4) is 0 Å². The van der Waals surface area contributed by atoms with Crippen molar-refractivity contribution in [2.75, 3.05) is 5.75 Å². The molecule has 3 atom stereocenters. The monoisotopic (exact) mass is 313 g/mol. The van der Waals surface area contributed by atoms with E-state index in [-0.39, 0.29) is 0 Å². The average Bonchev–Trinajstić information content (AvgIpc) is 2.92. The Hall–Kier alpha value is -0.200. The van der Waals surface area contributed by atoms with Gasteiger partial charge in [-0.25, -0.2) is 0 Å². The third-order valence-corrected chi connectivity index (χ3v) is 7.80. The Morgan fingerprint density at radius 3 is 2.60 bits per heavy atom. The highest BCUT2D eigenvalue weighted by Gasteiger charge is 2.31. The second-order valence-electron chi connectivity index (χ2n) is 5.97. The predicted octanol–water partition coefficient (Wildman–Crippen LogP) is 3.35. The third-order valence-electron chi connectivity index (χ3n) is 4.42. The first kappa shape index (κ1) is 14.7. The van der Waals surface area contributed by atoms with Gasteiger partial charge in [0.05, 0.1) is 5.25 Å². The van der Waals surface area contributed by atoms with Crippen LogP contribution in [0.4, 0.5) is 0 Å². The summed E-state index contributed by atoms with van der Waals surface area (Å²) >= 11 is 4.00. The van der Waals surface area contributed by atoms with Crippen molar-refractivity contribution in [1.82, 2.24) is 10.1 Å². The minimum absolute atomic E-state index is 0.362. The van der Waals surface area contributed by atoms with E-state index in [4.69, 9.17) is 10.3 Å². The van der Waals surface area contributed by atoms with E-state index in [1.54, 1.807) is 0 Å². The van der Waals surface area contributed by atoms with Crippen LogP contribution in [0.1, 0.15) is 62.4 Å². The van der Waals surface area contributed by atoms with Gasteiger partial charge in [-0.15, -0.1) is 11.8 Å². The Balaban J connectivity index is 1.65. The van der Waals surface area contributed by atoms with Gasteiger partial charge >= 0.3 is 0 Å². The molecular formula is C14H23N3OS2. The summed E-state index contributed by atoms with van der Waals surface area (Å²) in [6.07, 6.45) is 4.32. The molecule has 3 unspecified atom stereocenters. The second kappa shape index (κ2) is 6.28. The summed E-state index contributed by atoms with van der Waals surface area (Å²) in [5.41, 5.74) is 5.95. The van der Waals surface area contributed by atoms with Gasteiger partial charge in [0.25, 0.3) is 0 Å². The smallest absolute Gasteiger partial charge is 0.229 e.